The van der Waals surface area contributed by atoms with E-state index in [4.69, 9.17) is 5.73 Å². The minimum Gasteiger partial charge on any atom is -0.368 e. The van der Waals surface area contributed by atoms with E-state index in [1.807, 2.05) is 4.90 Å². The van der Waals surface area contributed by atoms with E-state index in [2.05, 4.69) is 16.9 Å². The second-order valence-corrected chi connectivity index (χ2v) is 4.58. The lowest BCUT2D eigenvalue weighted by Crippen LogP contribution is -2.22. The molecule has 0 spiro atoms. The molecule has 1 unspecified atom stereocenters. The van der Waals surface area contributed by atoms with Crippen molar-refractivity contribution < 1.29 is 4.92 Å². The zero-order valence-corrected chi connectivity index (χ0v) is 10.4. The van der Waals surface area contributed by atoms with Gasteiger partial charge in [-0.2, -0.15) is 4.98 Å². The van der Waals surface area contributed by atoms with Crippen molar-refractivity contribution in [3.8, 4) is 0 Å². The van der Waals surface area contributed by atoms with Gasteiger partial charge in [0.05, 0.1) is 4.92 Å². The van der Waals surface area contributed by atoms with E-state index in [-0.39, 0.29) is 11.6 Å². The van der Waals surface area contributed by atoms with Gasteiger partial charge in [0.15, 0.2) is 0 Å². The second-order valence-electron chi connectivity index (χ2n) is 4.58. The number of anilines is 2. The Morgan fingerprint density at radius 2 is 2.44 bits per heavy atom. The molecule has 18 heavy (non-hydrogen) atoms. The third kappa shape index (κ3) is 2.49. The number of hydrogen-bond donors (Lipinski definition) is 1. The van der Waals surface area contributed by atoms with Crippen LogP contribution >= 0.6 is 0 Å². The van der Waals surface area contributed by atoms with Crippen LogP contribution in [0.3, 0.4) is 0 Å². The van der Waals surface area contributed by atoms with Crippen molar-refractivity contribution in [3.63, 3.8) is 0 Å². The monoisotopic (exact) mass is 251 g/mol. The summed E-state index contributed by atoms with van der Waals surface area (Å²) in [4.78, 5) is 20.1. The molecule has 0 aromatic carbocycles. The summed E-state index contributed by atoms with van der Waals surface area (Å²) in [5.41, 5.74) is 5.45. The third-order valence-corrected chi connectivity index (χ3v) is 3.25. The van der Waals surface area contributed by atoms with E-state index in [1.54, 1.807) is 0 Å². The number of nitrogen functional groups attached to an aromatic ring is 1. The Labute approximate surface area is 105 Å². The topological polar surface area (TPSA) is 98.2 Å². The van der Waals surface area contributed by atoms with Gasteiger partial charge in [-0.25, -0.2) is 4.98 Å². The highest BCUT2D eigenvalue weighted by Gasteiger charge is 2.28. The van der Waals surface area contributed by atoms with Crippen molar-refractivity contribution in [1.29, 1.82) is 0 Å². The molecule has 0 aliphatic carbocycles. The largest absolute Gasteiger partial charge is 0.368 e. The minimum atomic E-state index is -0.456. The maximum Gasteiger partial charge on any atom is 0.329 e. The standard InChI is InChI=1S/C11H17N5O2/c1-2-3-8-4-5-15(7-8)10-9(16(17)18)6-13-11(12)14-10/h6,8H,2-5,7H2,1H3,(H2,12,13,14). The molecule has 7 nitrogen and oxygen atoms in total. The summed E-state index contributed by atoms with van der Waals surface area (Å²) >= 11 is 0. The fourth-order valence-corrected chi connectivity index (χ4v) is 2.41. The van der Waals surface area contributed by atoms with Gasteiger partial charge in [-0.1, -0.05) is 13.3 Å². The second kappa shape index (κ2) is 5.16. The van der Waals surface area contributed by atoms with Crippen molar-refractivity contribution in [2.24, 2.45) is 5.92 Å². The van der Waals surface area contributed by atoms with Crippen molar-refractivity contribution in [1.82, 2.24) is 9.97 Å². The Kier molecular flexibility index (Phi) is 3.59. The van der Waals surface area contributed by atoms with E-state index >= 15 is 0 Å². The summed E-state index contributed by atoms with van der Waals surface area (Å²) < 4.78 is 0. The van der Waals surface area contributed by atoms with E-state index < -0.39 is 4.92 Å². The fourth-order valence-electron chi connectivity index (χ4n) is 2.41. The summed E-state index contributed by atoms with van der Waals surface area (Å²) in [5.74, 6) is 1.02. The highest BCUT2D eigenvalue weighted by Crippen LogP contribution is 2.31. The zero-order valence-electron chi connectivity index (χ0n) is 10.4. The molecule has 1 aliphatic rings. The molecule has 1 aliphatic heterocycles. The van der Waals surface area contributed by atoms with E-state index in [0.29, 0.717) is 11.7 Å². The predicted molar refractivity (Wildman–Crippen MR) is 68.3 cm³/mol. The molecule has 1 aromatic heterocycles. The number of rotatable bonds is 4. The van der Waals surface area contributed by atoms with Crippen LogP contribution in [0.25, 0.3) is 0 Å². The van der Waals surface area contributed by atoms with Gasteiger partial charge in [0, 0.05) is 13.1 Å². The minimum absolute atomic E-state index is 0.0682. The van der Waals surface area contributed by atoms with Crippen LogP contribution in [0.2, 0.25) is 0 Å². The summed E-state index contributed by atoms with van der Waals surface area (Å²) in [6, 6.07) is 0. The lowest BCUT2D eigenvalue weighted by Gasteiger charge is -2.17. The van der Waals surface area contributed by atoms with Crippen molar-refractivity contribution in [2.75, 3.05) is 23.7 Å². The third-order valence-electron chi connectivity index (χ3n) is 3.25. The molecule has 7 heteroatoms. The molecular weight excluding hydrogens is 234 g/mol. The van der Waals surface area contributed by atoms with Gasteiger partial charge >= 0.3 is 5.69 Å². The van der Waals surface area contributed by atoms with E-state index in [0.717, 1.165) is 32.4 Å². The quantitative estimate of drug-likeness (QED) is 0.644. The summed E-state index contributed by atoms with van der Waals surface area (Å²) in [6.45, 7) is 3.75. The molecule has 2 N–H and O–H groups in total. The van der Waals surface area contributed by atoms with Crippen LogP contribution in [0.4, 0.5) is 17.5 Å². The number of aromatic nitrogens is 2. The van der Waals surface area contributed by atoms with Crippen LogP contribution in [0.1, 0.15) is 26.2 Å². The summed E-state index contributed by atoms with van der Waals surface area (Å²) in [6.07, 6.45) is 4.51. The molecule has 0 amide bonds. The van der Waals surface area contributed by atoms with Crippen LogP contribution in [-0.2, 0) is 0 Å². The fraction of sp³-hybridized carbons (Fsp3) is 0.636. The van der Waals surface area contributed by atoms with Gasteiger partial charge < -0.3 is 10.6 Å². The molecule has 1 fully saturated rings. The normalized spacial score (nSPS) is 19.2. The first-order valence-electron chi connectivity index (χ1n) is 6.13. The molecule has 1 aromatic rings. The maximum absolute atomic E-state index is 11.0. The lowest BCUT2D eigenvalue weighted by molar-refractivity contribution is -0.384. The molecule has 1 saturated heterocycles. The average molecular weight is 251 g/mol. The molecule has 98 valence electrons. The van der Waals surface area contributed by atoms with Crippen LogP contribution in [-0.4, -0.2) is 28.0 Å². The van der Waals surface area contributed by atoms with Gasteiger partial charge in [-0.3, -0.25) is 10.1 Å². The Bertz CT molecular complexity index is 451. The van der Waals surface area contributed by atoms with E-state index in [1.165, 1.54) is 6.20 Å². The molecule has 0 saturated carbocycles. The Morgan fingerprint density at radius 1 is 1.67 bits per heavy atom. The van der Waals surface area contributed by atoms with Crippen LogP contribution in [0.15, 0.2) is 6.20 Å². The van der Waals surface area contributed by atoms with Gasteiger partial charge in [0.25, 0.3) is 0 Å². The van der Waals surface area contributed by atoms with Crippen LogP contribution in [0.5, 0.6) is 0 Å². The number of nitrogens with two attached hydrogens (primary N) is 1. The number of hydrogen-bond acceptors (Lipinski definition) is 6. The molecule has 0 bridgehead atoms. The van der Waals surface area contributed by atoms with Gasteiger partial charge in [-0.05, 0) is 18.8 Å². The molecular formula is C11H17N5O2. The van der Waals surface area contributed by atoms with Crippen LogP contribution in [0, 0.1) is 16.0 Å². The Morgan fingerprint density at radius 3 is 3.11 bits per heavy atom. The maximum atomic E-state index is 11.0. The SMILES string of the molecule is CCCC1CCN(c2nc(N)ncc2[N+](=O)[O-])C1. The average Bonchev–Trinajstić information content (AvgIpc) is 2.77. The van der Waals surface area contributed by atoms with E-state index in [9.17, 15) is 10.1 Å². The smallest absolute Gasteiger partial charge is 0.329 e. The predicted octanol–water partition coefficient (Wildman–Crippen LogP) is 1.59. The molecule has 1 atom stereocenters. The summed E-state index contributed by atoms with van der Waals surface area (Å²) in [7, 11) is 0. The Hall–Kier alpha value is -1.92. The molecule has 0 radical (unpaired) electrons. The van der Waals surface area contributed by atoms with Crippen molar-refractivity contribution in [2.45, 2.75) is 26.2 Å². The highest BCUT2D eigenvalue weighted by atomic mass is 16.6. The van der Waals surface area contributed by atoms with Crippen molar-refractivity contribution >= 4 is 17.5 Å². The summed E-state index contributed by atoms with van der Waals surface area (Å²) in [5, 5.41) is 11.0. The van der Waals surface area contributed by atoms with Crippen molar-refractivity contribution in [3.05, 3.63) is 16.3 Å². The van der Waals surface area contributed by atoms with Gasteiger partial charge in [-0.15, -0.1) is 0 Å². The highest BCUT2D eigenvalue weighted by molar-refractivity contribution is 5.58. The first-order chi connectivity index (χ1) is 8.61. The first-order valence-corrected chi connectivity index (χ1v) is 6.13. The lowest BCUT2D eigenvalue weighted by atomic mass is 10.0. The zero-order chi connectivity index (χ0) is 13.1. The number of nitrogens with zero attached hydrogens (tertiary/aromatic N) is 4. The van der Waals surface area contributed by atoms with Crippen LogP contribution < -0.4 is 10.6 Å². The Balaban J connectivity index is 2.23. The first kappa shape index (κ1) is 12.5. The number of nitro groups is 1. The van der Waals surface area contributed by atoms with Gasteiger partial charge in [0.2, 0.25) is 11.8 Å². The molecule has 2 rings (SSSR count). The van der Waals surface area contributed by atoms with Gasteiger partial charge in [0.1, 0.15) is 6.20 Å². The molecule has 2 heterocycles.